The Morgan fingerprint density at radius 2 is 1.77 bits per heavy atom. The lowest BCUT2D eigenvalue weighted by Crippen LogP contribution is -2.29. The van der Waals surface area contributed by atoms with Crippen LogP contribution >= 0.6 is 11.6 Å². The van der Waals surface area contributed by atoms with Gasteiger partial charge in [-0.3, -0.25) is 4.79 Å². The molecule has 0 bridgehead atoms. The molecule has 0 aromatic heterocycles. The van der Waals surface area contributed by atoms with Gasteiger partial charge in [-0.25, -0.2) is 4.79 Å². The fourth-order valence-electron chi connectivity index (χ4n) is 1.89. The number of hydrogen-bond donors (Lipinski definition) is 2. The van der Waals surface area contributed by atoms with E-state index in [4.69, 9.17) is 16.3 Å². The number of rotatable bonds is 9. The van der Waals surface area contributed by atoms with Crippen LogP contribution in [0.2, 0.25) is 5.02 Å². The first-order valence-electron chi connectivity index (χ1n) is 7.58. The second-order valence-electron chi connectivity index (χ2n) is 4.86. The van der Waals surface area contributed by atoms with Gasteiger partial charge in [-0.15, -0.1) is 0 Å². The van der Waals surface area contributed by atoms with Crippen molar-refractivity contribution in [3.05, 3.63) is 29.3 Å². The largest absolute Gasteiger partial charge is 0.466 e. The van der Waals surface area contributed by atoms with Crippen molar-refractivity contribution in [2.24, 2.45) is 0 Å². The molecule has 0 aliphatic carbocycles. The molecule has 0 spiro atoms. The number of benzene rings is 1. The highest BCUT2D eigenvalue weighted by atomic mass is 35.5. The van der Waals surface area contributed by atoms with Crippen LogP contribution in [-0.4, -0.2) is 25.2 Å². The Kier molecular flexibility index (Phi) is 9.07. The predicted molar refractivity (Wildman–Crippen MR) is 88.2 cm³/mol. The van der Waals surface area contributed by atoms with Crippen molar-refractivity contribution in [2.75, 3.05) is 18.5 Å². The van der Waals surface area contributed by atoms with Crippen molar-refractivity contribution >= 4 is 29.3 Å². The van der Waals surface area contributed by atoms with Crippen molar-refractivity contribution in [3.8, 4) is 0 Å². The summed E-state index contributed by atoms with van der Waals surface area (Å²) in [6.07, 6.45) is 4.12. The first kappa shape index (κ1) is 18.3. The summed E-state index contributed by atoms with van der Waals surface area (Å²) >= 11 is 5.77. The average molecular weight is 327 g/mol. The molecule has 0 fully saturated rings. The number of carbonyl (C=O) groups is 2. The van der Waals surface area contributed by atoms with Gasteiger partial charge in [0, 0.05) is 23.7 Å². The van der Waals surface area contributed by atoms with E-state index in [1.165, 1.54) is 0 Å². The number of ether oxygens (including phenoxy) is 1. The van der Waals surface area contributed by atoms with Crippen LogP contribution in [0.3, 0.4) is 0 Å². The van der Waals surface area contributed by atoms with Crippen LogP contribution in [0.4, 0.5) is 10.5 Å². The van der Waals surface area contributed by atoms with Gasteiger partial charge in [-0.05, 0) is 44.0 Å². The van der Waals surface area contributed by atoms with Gasteiger partial charge in [0.1, 0.15) is 0 Å². The lowest BCUT2D eigenvalue weighted by Gasteiger charge is -2.07. The van der Waals surface area contributed by atoms with Crippen LogP contribution < -0.4 is 10.6 Å². The van der Waals surface area contributed by atoms with Gasteiger partial charge in [0.2, 0.25) is 0 Å². The molecule has 5 nitrogen and oxygen atoms in total. The lowest BCUT2D eigenvalue weighted by molar-refractivity contribution is -0.143. The van der Waals surface area contributed by atoms with E-state index in [0.29, 0.717) is 30.3 Å². The summed E-state index contributed by atoms with van der Waals surface area (Å²) in [4.78, 5) is 22.8. The predicted octanol–water partition coefficient (Wildman–Crippen LogP) is 3.98. The number of unbranched alkanes of at least 4 members (excludes halogenated alkanes) is 3. The summed E-state index contributed by atoms with van der Waals surface area (Å²) < 4.78 is 4.85. The molecule has 0 aliphatic rings. The third kappa shape index (κ3) is 8.52. The maximum atomic E-state index is 11.6. The number of urea groups is 1. The normalized spacial score (nSPS) is 10.1. The zero-order valence-electron chi connectivity index (χ0n) is 12.9. The van der Waals surface area contributed by atoms with Crippen molar-refractivity contribution in [1.29, 1.82) is 0 Å². The Balaban J connectivity index is 2.01. The average Bonchev–Trinajstić information content (AvgIpc) is 2.49. The molecule has 0 heterocycles. The van der Waals surface area contributed by atoms with Gasteiger partial charge in [0.25, 0.3) is 0 Å². The number of hydrogen-bond acceptors (Lipinski definition) is 3. The summed E-state index contributed by atoms with van der Waals surface area (Å²) in [6.45, 7) is 2.85. The molecule has 22 heavy (non-hydrogen) atoms. The molecular weight excluding hydrogens is 304 g/mol. The molecule has 6 heteroatoms. The minimum absolute atomic E-state index is 0.136. The van der Waals surface area contributed by atoms with Crippen LogP contribution in [0.25, 0.3) is 0 Å². The van der Waals surface area contributed by atoms with Gasteiger partial charge in [0.05, 0.1) is 6.61 Å². The minimum atomic E-state index is -0.228. The first-order chi connectivity index (χ1) is 10.6. The van der Waals surface area contributed by atoms with E-state index in [0.717, 1.165) is 25.7 Å². The molecule has 1 rings (SSSR count). The molecule has 1 aromatic rings. The molecule has 0 aliphatic heterocycles. The Morgan fingerprint density at radius 3 is 2.45 bits per heavy atom. The zero-order valence-corrected chi connectivity index (χ0v) is 13.6. The molecule has 0 unspecified atom stereocenters. The third-order valence-electron chi connectivity index (χ3n) is 3.00. The highest BCUT2D eigenvalue weighted by Crippen LogP contribution is 2.13. The van der Waals surface area contributed by atoms with E-state index in [-0.39, 0.29) is 12.0 Å². The molecule has 0 radical (unpaired) electrons. The Hall–Kier alpha value is -1.75. The quantitative estimate of drug-likeness (QED) is 0.533. The van der Waals surface area contributed by atoms with Gasteiger partial charge in [0.15, 0.2) is 0 Å². The molecule has 0 saturated carbocycles. The number of halogens is 1. The number of esters is 1. The number of nitrogens with one attached hydrogen (secondary N) is 2. The molecule has 0 saturated heterocycles. The summed E-state index contributed by atoms with van der Waals surface area (Å²) in [5, 5.41) is 6.15. The molecule has 1 aromatic carbocycles. The summed E-state index contributed by atoms with van der Waals surface area (Å²) in [7, 11) is 0. The first-order valence-corrected chi connectivity index (χ1v) is 7.95. The van der Waals surface area contributed by atoms with Gasteiger partial charge < -0.3 is 15.4 Å². The second-order valence-corrected chi connectivity index (χ2v) is 5.29. The van der Waals surface area contributed by atoms with Crippen molar-refractivity contribution in [2.45, 2.75) is 39.0 Å². The van der Waals surface area contributed by atoms with E-state index in [2.05, 4.69) is 10.6 Å². The highest BCUT2D eigenvalue weighted by Gasteiger charge is 2.02. The highest BCUT2D eigenvalue weighted by molar-refractivity contribution is 6.30. The molecular formula is C16H23ClN2O3. The summed E-state index contributed by atoms with van der Waals surface area (Å²) in [6, 6.07) is 6.71. The monoisotopic (exact) mass is 326 g/mol. The number of anilines is 1. The van der Waals surface area contributed by atoms with Crippen LogP contribution in [0.5, 0.6) is 0 Å². The third-order valence-corrected chi connectivity index (χ3v) is 3.25. The van der Waals surface area contributed by atoms with Gasteiger partial charge >= 0.3 is 12.0 Å². The van der Waals surface area contributed by atoms with Crippen LogP contribution in [0.15, 0.2) is 24.3 Å². The van der Waals surface area contributed by atoms with Crippen molar-refractivity contribution in [1.82, 2.24) is 5.32 Å². The Labute approximate surface area is 136 Å². The van der Waals surface area contributed by atoms with Crippen LogP contribution in [0, 0.1) is 0 Å². The van der Waals surface area contributed by atoms with E-state index >= 15 is 0 Å². The second kappa shape index (κ2) is 10.9. The van der Waals surface area contributed by atoms with Crippen LogP contribution in [0.1, 0.15) is 39.0 Å². The summed E-state index contributed by atoms with van der Waals surface area (Å²) in [5.41, 5.74) is 0.705. The van der Waals surface area contributed by atoms with Gasteiger partial charge in [-0.1, -0.05) is 24.4 Å². The lowest BCUT2D eigenvalue weighted by atomic mass is 10.1. The standard InChI is InChI=1S/C16H23ClN2O3/c1-2-22-15(20)7-5-3-4-6-12-18-16(21)19-14-10-8-13(17)9-11-14/h8-11H,2-7,12H2,1H3,(H2,18,19,21). The maximum absolute atomic E-state index is 11.6. The van der Waals surface area contributed by atoms with E-state index in [1.54, 1.807) is 31.2 Å². The molecule has 2 N–H and O–H groups in total. The fourth-order valence-corrected chi connectivity index (χ4v) is 2.02. The van der Waals surface area contributed by atoms with Crippen LogP contribution in [-0.2, 0) is 9.53 Å². The van der Waals surface area contributed by atoms with E-state index in [9.17, 15) is 9.59 Å². The maximum Gasteiger partial charge on any atom is 0.319 e. The molecule has 122 valence electrons. The molecule has 2 amide bonds. The number of amides is 2. The minimum Gasteiger partial charge on any atom is -0.466 e. The zero-order chi connectivity index (χ0) is 16.2. The number of carbonyl (C=O) groups excluding carboxylic acids is 2. The smallest absolute Gasteiger partial charge is 0.319 e. The summed E-state index contributed by atoms with van der Waals surface area (Å²) in [5.74, 6) is -0.136. The van der Waals surface area contributed by atoms with E-state index < -0.39 is 0 Å². The Bertz CT molecular complexity index is 463. The topological polar surface area (TPSA) is 67.4 Å². The fraction of sp³-hybridized carbons (Fsp3) is 0.500. The SMILES string of the molecule is CCOC(=O)CCCCCCNC(=O)Nc1ccc(Cl)cc1. The van der Waals surface area contributed by atoms with Crippen molar-refractivity contribution < 1.29 is 14.3 Å². The molecule has 0 atom stereocenters. The van der Waals surface area contributed by atoms with Crippen molar-refractivity contribution in [3.63, 3.8) is 0 Å². The van der Waals surface area contributed by atoms with E-state index in [1.807, 2.05) is 0 Å². The van der Waals surface area contributed by atoms with Gasteiger partial charge in [-0.2, -0.15) is 0 Å². The Morgan fingerprint density at radius 1 is 1.09 bits per heavy atom.